The summed E-state index contributed by atoms with van der Waals surface area (Å²) in [7, 11) is 1.65. The number of halogens is 1. The lowest BCUT2D eigenvalue weighted by molar-refractivity contribution is 0.416. The highest BCUT2D eigenvalue weighted by molar-refractivity contribution is 9.10. The normalized spacial score (nSPS) is 10.8. The molecule has 4 rings (SSSR count). The van der Waals surface area contributed by atoms with Crippen LogP contribution in [0.3, 0.4) is 0 Å². The van der Waals surface area contributed by atoms with Crippen LogP contribution in [-0.2, 0) is 0 Å². The molecule has 3 aromatic heterocycles. The Labute approximate surface area is 152 Å². The second-order valence-corrected chi connectivity index (χ2v) is 6.18. The summed E-state index contributed by atoms with van der Waals surface area (Å²) in [6, 6.07) is 13.6. The summed E-state index contributed by atoms with van der Waals surface area (Å²) in [5.41, 5.74) is 3.29. The zero-order valence-corrected chi connectivity index (χ0v) is 14.9. The number of rotatable bonds is 4. The molecule has 0 saturated carbocycles. The molecule has 0 fully saturated rings. The lowest BCUT2D eigenvalue weighted by Crippen LogP contribution is -2.03. The number of anilines is 2. The molecule has 3 heterocycles. The second-order valence-electron chi connectivity index (χ2n) is 5.32. The van der Waals surface area contributed by atoms with Crippen LogP contribution in [0.5, 0.6) is 5.75 Å². The third-order valence-corrected chi connectivity index (χ3v) is 4.31. The molecule has 7 heteroatoms. The first-order valence-corrected chi connectivity index (χ1v) is 8.40. The number of para-hydroxylation sites is 1. The molecule has 124 valence electrons. The highest BCUT2D eigenvalue weighted by atomic mass is 79.9. The van der Waals surface area contributed by atoms with Crippen LogP contribution >= 0.6 is 15.9 Å². The van der Waals surface area contributed by atoms with Gasteiger partial charge in [-0.2, -0.15) is 9.61 Å². The number of aromatic nitrogens is 4. The number of nitrogens with zero attached hydrogens (tertiary/aromatic N) is 4. The molecule has 0 atom stereocenters. The first kappa shape index (κ1) is 15.6. The van der Waals surface area contributed by atoms with Crippen molar-refractivity contribution in [1.29, 1.82) is 0 Å². The van der Waals surface area contributed by atoms with Crippen molar-refractivity contribution >= 4 is 33.1 Å². The molecule has 0 saturated heterocycles. The number of benzene rings is 1. The zero-order valence-electron chi connectivity index (χ0n) is 13.3. The molecule has 1 N–H and O–H groups in total. The van der Waals surface area contributed by atoms with Crippen molar-refractivity contribution in [3.05, 3.63) is 65.5 Å². The van der Waals surface area contributed by atoms with Gasteiger partial charge in [0.05, 0.1) is 35.4 Å². The van der Waals surface area contributed by atoms with Gasteiger partial charge >= 0.3 is 0 Å². The first-order chi connectivity index (χ1) is 12.3. The lowest BCUT2D eigenvalue weighted by Gasteiger charge is -2.12. The minimum atomic E-state index is 0.717. The van der Waals surface area contributed by atoms with Gasteiger partial charge < -0.3 is 10.1 Å². The van der Waals surface area contributed by atoms with Crippen LogP contribution in [0, 0.1) is 0 Å². The van der Waals surface area contributed by atoms with Crippen molar-refractivity contribution in [3.63, 3.8) is 0 Å². The molecule has 25 heavy (non-hydrogen) atoms. The van der Waals surface area contributed by atoms with Gasteiger partial charge in [0, 0.05) is 17.8 Å². The van der Waals surface area contributed by atoms with Crippen molar-refractivity contribution in [2.45, 2.75) is 0 Å². The number of hydrogen-bond donors (Lipinski definition) is 1. The Morgan fingerprint density at radius 2 is 2.00 bits per heavy atom. The molecule has 4 aromatic rings. The van der Waals surface area contributed by atoms with Crippen LogP contribution < -0.4 is 10.1 Å². The van der Waals surface area contributed by atoms with Gasteiger partial charge in [-0.15, -0.1) is 0 Å². The summed E-state index contributed by atoms with van der Waals surface area (Å²) in [5.74, 6) is 1.55. The maximum atomic E-state index is 5.48. The summed E-state index contributed by atoms with van der Waals surface area (Å²) in [5, 5.41) is 7.73. The number of nitrogens with one attached hydrogen (secondary N) is 1. The van der Waals surface area contributed by atoms with Gasteiger partial charge in [0.1, 0.15) is 11.6 Å². The molecule has 0 unspecified atom stereocenters. The van der Waals surface area contributed by atoms with Gasteiger partial charge in [-0.25, -0.2) is 4.98 Å². The van der Waals surface area contributed by atoms with Crippen LogP contribution in [0.1, 0.15) is 0 Å². The van der Waals surface area contributed by atoms with Gasteiger partial charge in [-0.3, -0.25) is 4.98 Å². The number of pyridine rings is 1. The average Bonchev–Trinajstić information content (AvgIpc) is 3.04. The molecule has 0 bridgehead atoms. The van der Waals surface area contributed by atoms with E-state index in [-0.39, 0.29) is 0 Å². The van der Waals surface area contributed by atoms with Crippen LogP contribution in [-0.4, -0.2) is 26.7 Å². The van der Waals surface area contributed by atoms with Gasteiger partial charge in [-0.05, 0) is 40.2 Å². The molecule has 0 spiro atoms. The molecule has 0 amide bonds. The monoisotopic (exact) mass is 395 g/mol. The maximum Gasteiger partial charge on any atom is 0.172 e. The molecular weight excluding hydrogens is 382 g/mol. The summed E-state index contributed by atoms with van der Waals surface area (Å²) in [4.78, 5) is 8.87. The van der Waals surface area contributed by atoms with E-state index in [1.54, 1.807) is 30.2 Å². The van der Waals surface area contributed by atoms with Crippen LogP contribution in [0.2, 0.25) is 0 Å². The Morgan fingerprint density at radius 3 is 2.80 bits per heavy atom. The van der Waals surface area contributed by atoms with E-state index in [0.29, 0.717) is 0 Å². The number of hydrogen-bond acceptors (Lipinski definition) is 5. The van der Waals surface area contributed by atoms with E-state index in [1.807, 2.05) is 42.5 Å². The highest BCUT2D eigenvalue weighted by Crippen LogP contribution is 2.32. The van der Waals surface area contributed by atoms with Crippen molar-refractivity contribution in [2.24, 2.45) is 0 Å². The van der Waals surface area contributed by atoms with E-state index in [2.05, 4.69) is 31.3 Å². The minimum Gasteiger partial charge on any atom is -0.496 e. The van der Waals surface area contributed by atoms with E-state index in [9.17, 15) is 0 Å². The van der Waals surface area contributed by atoms with E-state index in [0.717, 1.165) is 38.6 Å². The molecule has 1 aromatic carbocycles. The Morgan fingerprint density at radius 1 is 1.12 bits per heavy atom. The smallest absolute Gasteiger partial charge is 0.172 e. The molecule has 0 aliphatic carbocycles. The number of methoxy groups -OCH3 is 1. The van der Waals surface area contributed by atoms with Gasteiger partial charge in [0.2, 0.25) is 0 Å². The van der Waals surface area contributed by atoms with E-state index < -0.39 is 0 Å². The van der Waals surface area contributed by atoms with E-state index in [4.69, 9.17) is 9.72 Å². The second kappa shape index (κ2) is 6.52. The fourth-order valence-corrected chi connectivity index (χ4v) is 2.95. The van der Waals surface area contributed by atoms with Gasteiger partial charge in [0.15, 0.2) is 5.65 Å². The van der Waals surface area contributed by atoms with Crippen molar-refractivity contribution in [2.75, 3.05) is 12.4 Å². The number of ether oxygens (including phenoxy) is 1. The quantitative estimate of drug-likeness (QED) is 0.557. The SMILES string of the molecule is COc1ccccc1-c1cc(Nc2cccnc2)n2ncc(Br)c2n1. The third-order valence-electron chi connectivity index (χ3n) is 3.75. The highest BCUT2D eigenvalue weighted by Gasteiger charge is 2.14. The lowest BCUT2D eigenvalue weighted by atomic mass is 10.1. The molecule has 6 nitrogen and oxygen atoms in total. The summed E-state index contributed by atoms with van der Waals surface area (Å²) in [6.45, 7) is 0. The molecule has 0 aliphatic heterocycles. The fraction of sp³-hybridized carbons (Fsp3) is 0.0556. The average molecular weight is 396 g/mol. The van der Waals surface area contributed by atoms with Crippen LogP contribution in [0.25, 0.3) is 16.9 Å². The topological polar surface area (TPSA) is 64.3 Å². The Balaban J connectivity index is 1.90. The first-order valence-electron chi connectivity index (χ1n) is 7.61. The summed E-state index contributed by atoms with van der Waals surface area (Å²) >= 11 is 3.51. The van der Waals surface area contributed by atoms with Crippen molar-refractivity contribution < 1.29 is 4.74 Å². The van der Waals surface area contributed by atoms with Crippen LogP contribution in [0.15, 0.2) is 65.5 Å². The Bertz CT molecular complexity index is 1030. The van der Waals surface area contributed by atoms with Gasteiger partial charge in [0.25, 0.3) is 0 Å². The predicted molar refractivity (Wildman–Crippen MR) is 100 cm³/mol. The molecule has 0 aliphatic rings. The van der Waals surface area contributed by atoms with Crippen molar-refractivity contribution in [1.82, 2.24) is 19.6 Å². The third kappa shape index (κ3) is 2.94. The summed E-state index contributed by atoms with van der Waals surface area (Å²) < 4.78 is 8.04. The molecular formula is C18H14BrN5O. The Kier molecular flexibility index (Phi) is 4.07. The summed E-state index contributed by atoms with van der Waals surface area (Å²) in [6.07, 6.45) is 5.22. The minimum absolute atomic E-state index is 0.717. The van der Waals surface area contributed by atoms with Crippen molar-refractivity contribution in [3.8, 4) is 17.0 Å². The van der Waals surface area contributed by atoms with E-state index >= 15 is 0 Å². The standard InChI is InChI=1S/C18H14BrN5O/c1-25-16-7-3-2-6-13(16)15-9-17(22-12-5-4-8-20-10-12)24-18(23-15)14(19)11-21-24/h2-11,22H,1H3. The van der Waals surface area contributed by atoms with Gasteiger partial charge in [-0.1, -0.05) is 12.1 Å². The zero-order chi connectivity index (χ0) is 17.2. The fourth-order valence-electron chi connectivity index (χ4n) is 2.60. The van der Waals surface area contributed by atoms with Crippen LogP contribution in [0.4, 0.5) is 11.5 Å². The number of fused-ring (bicyclic) bond motifs is 1. The largest absolute Gasteiger partial charge is 0.496 e. The maximum absolute atomic E-state index is 5.48. The molecule has 0 radical (unpaired) electrons. The Hall–Kier alpha value is -2.93. The van der Waals surface area contributed by atoms with E-state index in [1.165, 1.54) is 0 Å². The predicted octanol–water partition coefficient (Wildman–Crippen LogP) is 4.31.